The molecule has 0 atom stereocenters. The smallest absolute Gasteiger partial charge is 0.243 e. The molecule has 3 heterocycles. The van der Waals surface area contributed by atoms with Crippen molar-refractivity contribution >= 4 is 20.9 Å². The lowest BCUT2D eigenvalue weighted by molar-refractivity contribution is 0.392. The maximum atomic E-state index is 14.1. The molecule has 0 amide bonds. The molecule has 0 fully saturated rings. The number of ether oxygens (including phenoxy) is 1. The molecule has 0 unspecified atom stereocenters. The number of benzene rings is 2. The van der Waals surface area contributed by atoms with E-state index in [1.54, 1.807) is 30.9 Å². The number of fused-ring (bicyclic) bond motifs is 1. The average molecular weight is 520 g/mol. The van der Waals surface area contributed by atoms with Crippen LogP contribution in [0.2, 0.25) is 0 Å². The molecular weight excluding hydrogens is 500 g/mol. The van der Waals surface area contributed by atoms with Crippen LogP contribution >= 0.6 is 0 Å². The van der Waals surface area contributed by atoms with E-state index in [1.165, 1.54) is 7.11 Å². The van der Waals surface area contributed by atoms with E-state index in [0.29, 0.717) is 17.2 Å². The quantitative estimate of drug-likeness (QED) is 0.337. The molecule has 5 rings (SSSR count). The molecule has 0 aliphatic heterocycles. The van der Waals surface area contributed by atoms with Gasteiger partial charge in [-0.15, -0.1) is 0 Å². The summed E-state index contributed by atoms with van der Waals surface area (Å²) in [6.45, 7) is -0.230. The number of hydrogen-bond donors (Lipinski definition) is 1. The highest BCUT2D eigenvalue weighted by atomic mass is 32.2. The highest BCUT2D eigenvalue weighted by molar-refractivity contribution is 7.89. The number of halogens is 2. The zero-order chi connectivity index (χ0) is 26.0. The molecule has 37 heavy (non-hydrogen) atoms. The van der Waals surface area contributed by atoms with Crippen molar-refractivity contribution in [1.82, 2.24) is 24.9 Å². The molecule has 0 saturated heterocycles. The third kappa shape index (κ3) is 4.99. The van der Waals surface area contributed by atoms with E-state index in [9.17, 15) is 17.2 Å². The third-order valence-corrected chi connectivity index (χ3v) is 7.16. The van der Waals surface area contributed by atoms with E-state index in [0.717, 1.165) is 39.7 Å². The normalized spacial score (nSPS) is 11.5. The van der Waals surface area contributed by atoms with Crippen molar-refractivity contribution in [3.63, 3.8) is 0 Å². The summed E-state index contributed by atoms with van der Waals surface area (Å²) in [6.07, 6.45) is 6.62. The molecule has 8 nitrogen and oxygen atoms in total. The van der Waals surface area contributed by atoms with Gasteiger partial charge in [-0.25, -0.2) is 26.9 Å². The summed E-state index contributed by atoms with van der Waals surface area (Å²) in [4.78, 5) is 8.11. The number of methoxy groups -OCH3 is 1. The Labute approximate surface area is 211 Å². The Morgan fingerprint density at radius 2 is 1.73 bits per heavy atom. The number of nitrogens with one attached hydrogen (secondary N) is 1. The number of nitrogens with zero attached hydrogens (tertiary/aromatic N) is 4. The predicted octanol–water partition coefficient (Wildman–Crippen LogP) is 4.52. The summed E-state index contributed by atoms with van der Waals surface area (Å²) in [5.41, 5.74) is 4.54. The summed E-state index contributed by atoms with van der Waals surface area (Å²) in [5.74, 6) is -1.85. The van der Waals surface area contributed by atoms with Crippen LogP contribution in [0.4, 0.5) is 8.78 Å². The molecule has 2 aromatic carbocycles. The Bertz CT molecular complexity index is 1720. The molecule has 0 saturated carbocycles. The molecule has 3 aromatic heterocycles. The van der Waals surface area contributed by atoms with E-state index in [-0.39, 0.29) is 12.4 Å². The summed E-state index contributed by atoms with van der Waals surface area (Å²) in [5, 5.41) is 8.68. The summed E-state index contributed by atoms with van der Waals surface area (Å²) < 4.78 is 60.2. The molecule has 0 radical (unpaired) electrons. The molecule has 0 aliphatic rings. The first-order chi connectivity index (χ1) is 17.9. The van der Waals surface area contributed by atoms with Gasteiger partial charge in [0.05, 0.1) is 25.0 Å². The lowest BCUT2D eigenvalue weighted by atomic mass is 9.98. The van der Waals surface area contributed by atoms with Crippen molar-refractivity contribution in [2.45, 2.75) is 11.4 Å². The Hall–Kier alpha value is -4.35. The van der Waals surface area contributed by atoms with Gasteiger partial charge in [0.1, 0.15) is 16.5 Å². The van der Waals surface area contributed by atoms with Crippen LogP contribution in [0, 0.1) is 11.6 Å². The Morgan fingerprint density at radius 1 is 0.865 bits per heavy atom. The zero-order valence-corrected chi connectivity index (χ0v) is 20.2. The highest BCUT2D eigenvalue weighted by Gasteiger charge is 2.20. The van der Waals surface area contributed by atoms with E-state index in [2.05, 4.69) is 24.9 Å². The zero-order valence-electron chi connectivity index (χ0n) is 19.4. The Balaban J connectivity index is 1.50. The highest BCUT2D eigenvalue weighted by Crippen LogP contribution is 2.32. The van der Waals surface area contributed by atoms with Gasteiger partial charge in [0, 0.05) is 47.1 Å². The van der Waals surface area contributed by atoms with Crippen LogP contribution in [0.3, 0.4) is 0 Å². The predicted molar refractivity (Wildman–Crippen MR) is 133 cm³/mol. The lowest BCUT2D eigenvalue weighted by Crippen LogP contribution is -2.24. The second kappa shape index (κ2) is 9.96. The van der Waals surface area contributed by atoms with E-state index >= 15 is 0 Å². The molecule has 186 valence electrons. The second-order valence-corrected chi connectivity index (χ2v) is 9.75. The Morgan fingerprint density at radius 3 is 2.49 bits per heavy atom. The first-order valence-electron chi connectivity index (χ1n) is 11.0. The Kier molecular flexibility index (Phi) is 6.55. The largest absolute Gasteiger partial charge is 0.481 e. The first kappa shape index (κ1) is 24.3. The van der Waals surface area contributed by atoms with Crippen molar-refractivity contribution in [3.8, 4) is 28.1 Å². The number of pyridine rings is 2. The minimum Gasteiger partial charge on any atom is -0.481 e. The van der Waals surface area contributed by atoms with Gasteiger partial charge in [0.25, 0.3) is 0 Å². The van der Waals surface area contributed by atoms with Gasteiger partial charge in [-0.05, 0) is 53.6 Å². The summed E-state index contributed by atoms with van der Waals surface area (Å²) in [6, 6.07) is 13.5. The second-order valence-electron chi connectivity index (χ2n) is 8.01. The molecule has 11 heteroatoms. The van der Waals surface area contributed by atoms with Gasteiger partial charge in [-0.3, -0.25) is 4.98 Å². The molecule has 0 spiro atoms. The fourth-order valence-electron chi connectivity index (χ4n) is 3.94. The van der Waals surface area contributed by atoms with Crippen molar-refractivity contribution in [1.29, 1.82) is 0 Å². The fourth-order valence-corrected chi connectivity index (χ4v) is 5.00. The number of hydrogen-bond acceptors (Lipinski definition) is 7. The van der Waals surface area contributed by atoms with Gasteiger partial charge in [0.2, 0.25) is 15.9 Å². The van der Waals surface area contributed by atoms with Gasteiger partial charge in [-0.2, -0.15) is 10.2 Å². The molecule has 0 aliphatic carbocycles. The van der Waals surface area contributed by atoms with E-state index in [4.69, 9.17) is 4.74 Å². The SMILES string of the molecule is COc1ncc(-c2ccc3nccc(-c4ccnnc4)c3c2)cc1CNS(=O)(=O)c1ccc(F)cc1F. The van der Waals surface area contributed by atoms with E-state index in [1.807, 2.05) is 30.3 Å². The minimum absolute atomic E-state index is 0.206. The van der Waals surface area contributed by atoms with E-state index < -0.39 is 26.6 Å². The molecule has 0 bridgehead atoms. The van der Waals surface area contributed by atoms with Crippen LogP contribution in [-0.2, 0) is 16.6 Å². The van der Waals surface area contributed by atoms with Crippen LogP contribution < -0.4 is 9.46 Å². The summed E-state index contributed by atoms with van der Waals surface area (Å²) >= 11 is 0. The van der Waals surface area contributed by atoms with Gasteiger partial charge in [-0.1, -0.05) is 6.07 Å². The summed E-state index contributed by atoms with van der Waals surface area (Å²) in [7, 11) is -2.85. The van der Waals surface area contributed by atoms with Crippen LogP contribution in [0.15, 0.2) is 84.3 Å². The monoisotopic (exact) mass is 519 g/mol. The number of rotatable bonds is 7. The van der Waals surface area contributed by atoms with Crippen molar-refractivity contribution < 1.29 is 21.9 Å². The molecule has 5 aromatic rings. The van der Waals surface area contributed by atoms with Crippen LogP contribution in [0.1, 0.15) is 5.56 Å². The third-order valence-electron chi connectivity index (χ3n) is 5.72. The number of aromatic nitrogens is 4. The minimum atomic E-state index is -4.27. The fraction of sp³-hybridized carbons (Fsp3) is 0.0769. The van der Waals surface area contributed by atoms with Crippen LogP contribution in [-0.4, -0.2) is 35.7 Å². The van der Waals surface area contributed by atoms with Gasteiger partial charge in [0.15, 0.2) is 0 Å². The maximum Gasteiger partial charge on any atom is 0.243 e. The maximum absolute atomic E-state index is 14.1. The van der Waals surface area contributed by atoms with Gasteiger partial charge < -0.3 is 4.74 Å². The van der Waals surface area contributed by atoms with Crippen molar-refractivity contribution in [3.05, 3.63) is 96.6 Å². The molecular formula is C26H19F2N5O3S. The average Bonchev–Trinajstić information content (AvgIpc) is 2.91. The van der Waals surface area contributed by atoms with Crippen LogP contribution in [0.5, 0.6) is 5.88 Å². The van der Waals surface area contributed by atoms with Crippen LogP contribution in [0.25, 0.3) is 33.2 Å². The number of sulfonamides is 1. The van der Waals surface area contributed by atoms with Crippen molar-refractivity contribution in [2.75, 3.05) is 7.11 Å². The lowest BCUT2D eigenvalue weighted by Gasteiger charge is -2.13. The van der Waals surface area contributed by atoms with Gasteiger partial charge >= 0.3 is 0 Å². The molecule has 1 N–H and O–H groups in total. The standard InChI is InChI=1S/C26H19F2N5O3S/c1-36-26-19(15-33-37(34,35)25-5-3-20(27)12-23(25)28)10-18(13-30-26)16-2-4-24-22(11-16)21(7-8-29-24)17-6-9-31-32-14-17/h2-14,33H,15H2,1H3. The topological polar surface area (TPSA) is 107 Å². The van der Waals surface area contributed by atoms with Crippen molar-refractivity contribution in [2.24, 2.45) is 0 Å². The first-order valence-corrected chi connectivity index (χ1v) is 12.5.